The fourth-order valence-corrected chi connectivity index (χ4v) is 2.55. The van der Waals surface area contributed by atoms with E-state index in [4.69, 9.17) is 9.47 Å². The molecule has 0 aliphatic heterocycles. The first-order chi connectivity index (χ1) is 10.4. The second-order valence-electron chi connectivity index (χ2n) is 4.46. The molecule has 0 rings (SSSR count). The second-order valence-corrected chi connectivity index (χ2v) is 6.30. The molecule has 0 saturated heterocycles. The Balaban J connectivity index is 3.63. The summed E-state index contributed by atoms with van der Waals surface area (Å²) in [6.45, 7) is 5.84. The number of hydrogen-bond acceptors (Lipinski definition) is 6. The van der Waals surface area contributed by atoms with Gasteiger partial charge in [0.15, 0.2) is 0 Å². The van der Waals surface area contributed by atoms with Gasteiger partial charge in [0.25, 0.3) is 0 Å². The number of carbonyl (C=O) groups is 2. The van der Waals surface area contributed by atoms with Gasteiger partial charge in [-0.3, -0.25) is 14.3 Å². The van der Waals surface area contributed by atoms with Crippen LogP contribution in [-0.2, 0) is 29.1 Å². The third-order valence-corrected chi connectivity index (χ3v) is 3.92. The van der Waals surface area contributed by atoms with Crippen LogP contribution in [0.2, 0.25) is 0 Å². The average Bonchev–Trinajstić information content (AvgIpc) is 2.45. The van der Waals surface area contributed by atoms with Gasteiger partial charge in [0.05, 0.1) is 25.6 Å². The maximum absolute atomic E-state index is 11.5. The molecule has 8 nitrogen and oxygen atoms in total. The smallest absolute Gasteiger partial charge is 0.234 e. The maximum atomic E-state index is 11.5. The van der Waals surface area contributed by atoms with Crippen molar-refractivity contribution in [3.8, 4) is 0 Å². The Labute approximate surface area is 132 Å². The van der Waals surface area contributed by atoms with Gasteiger partial charge in [-0.15, -0.1) is 0 Å². The molecular weight excluding hydrogens is 312 g/mol. The molecule has 0 aromatic heterocycles. The van der Waals surface area contributed by atoms with Gasteiger partial charge >= 0.3 is 0 Å². The summed E-state index contributed by atoms with van der Waals surface area (Å²) in [5.74, 6) is -1.05. The highest BCUT2D eigenvalue weighted by Gasteiger charge is 2.13. The van der Waals surface area contributed by atoms with E-state index in [1.54, 1.807) is 6.92 Å². The van der Waals surface area contributed by atoms with Gasteiger partial charge in [0, 0.05) is 26.0 Å². The SMILES string of the molecule is CCOCCOCCNC(=O)CCCS(=O)(=O)NC(=O)CC. The molecule has 0 aromatic carbocycles. The molecule has 0 bridgehead atoms. The number of ether oxygens (including phenoxy) is 2. The highest BCUT2D eigenvalue weighted by atomic mass is 32.2. The van der Waals surface area contributed by atoms with Crippen molar-refractivity contribution in [2.24, 2.45) is 0 Å². The molecule has 22 heavy (non-hydrogen) atoms. The molecule has 0 aromatic rings. The van der Waals surface area contributed by atoms with Crippen LogP contribution in [0.15, 0.2) is 0 Å². The lowest BCUT2D eigenvalue weighted by atomic mass is 10.3. The summed E-state index contributed by atoms with van der Waals surface area (Å²) in [5.41, 5.74) is 0. The first kappa shape index (κ1) is 20.8. The van der Waals surface area contributed by atoms with E-state index in [1.165, 1.54) is 0 Å². The lowest BCUT2D eigenvalue weighted by Gasteiger charge is -2.07. The van der Waals surface area contributed by atoms with Crippen molar-refractivity contribution >= 4 is 21.8 Å². The third-order valence-electron chi connectivity index (χ3n) is 2.55. The standard InChI is InChI=1S/C13H26N2O6S/c1-3-12(16)15-22(18,19)11-5-6-13(17)14-7-8-21-10-9-20-4-2/h3-11H2,1-2H3,(H,14,17)(H,15,16). The maximum Gasteiger partial charge on any atom is 0.234 e. The topological polar surface area (TPSA) is 111 Å². The van der Waals surface area contributed by atoms with Crippen LogP contribution in [0.25, 0.3) is 0 Å². The van der Waals surface area contributed by atoms with Crippen molar-refractivity contribution in [2.75, 3.05) is 38.7 Å². The van der Waals surface area contributed by atoms with E-state index in [9.17, 15) is 18.0 Å². The molecule has 0 saturated carbocycles. The minimum atomic E-state index is -3.64. The van der Waals surface area contributed by atoms with E-state index in [2.05, 4.69) is 5.32 Å². The first-order valence-electron chi connectivity index (χ1n) is 7.36. The van der Waals surface area contributed by atoms with Crippen LogP contribution in [0, 0.1) is 0 Å². The monoisotopic (exact) mass is 338 g/mol. The molecule has 0 unspecified atom stereocenters. The van der Waals surface area contributed by atoms with Gasteiger partial charge in [0.2, 0.25) is 21.8 Å². The van der Waals surface area contributed by atoms with Gasteiger partial charge in [0.1, 0.15) is 0 Å². The minimum absolute atomic E-state index is 0.0835. The van der Waals surface area contributed by atoms with Crippen LogP contribution >= 0.6 is 0 Å². The number of hydrogen-bond donors (Lipinski definition) is 2. The molecule has 0 spiro atoms. The summed E-state index contributed by atoms with van der Waals surface area (Å²) in [5, 5.41) is 2.62. The molecule has 9 heteroatoms. The van der Waals surface area contributed by atoms with E-state index >= 15 is 0 Å². The number of sulfonamides is 1. The van der Waals surface area contributed by atoms with Crippen molar-refractivity contribution in [3.05, 3.63) is 0 Å². The zero-order valence-electron chi connectivity index (χ0n) is 13.2. The predicted octanol–water partition coefficient (Wildman–Crippen LogP) is -0.208. The fourth-order valence-electron chi connectivity index (χ4n) is 1.43. The second kappa shape index (κ2) is 12.4. The Morgan fingerprint density at radius 2 is 1.68 bits per heavy atom. The van der Waals surface area contributed by atoms with E-state index in [1.807, 2.05) is 11.6 Å². The molecule has 0 atom stereocenters. The van der Waals surface area contributed by atoms with Crippen molar-refractivity contribution in [1.82, 2.24) is 10.0 Å². The molecule has 0 aliphatic rings. The highest BCUT2D eigenvalue weighted by molar-refractivity contribution is 7.90. The number of nitrogens with one attached hydrogen (secondary N) is 2. The van der Waals surface area contributed by atoms with E-state index in [-0.39, 0.29) is 30.9 Å². The predicted molar refractivity (Wildman–Crippen MR) is 81.8 cm³/mol. The van der Waals surface area contributed by atoms with Gasteiger partial charge < -0.3 is 14.8 Å². The number of carbonyl (C=O) groups excluding carboxylic acids is 2. The van der Waals surface area contributed by atoms with Crippen molar-refractivity contribution in [2.45, 2.75) is 33.1 Å². The average molecular weight is 338 g/mol. The molecule has 2 amide bonds. The molecular formula is C13H26N2O6S. The van der Waals surface area contributed by atoms with E-state index < -0.39 is 15.9 Å². The lowest BCUT2D eigenvalue weighted by molar-refractivity contribution is -0.121. The molecule has 0 fully saturated rings. The zero-order chi connectivity index (χ0) is 16.8. The van der Waals surface area contributed by atoms with Crippen LogP contribution in [0.1, 0.15) is 33.1 Å². The van der Waals surface area contributed by atoms with Crippen LogP contribution in [0.3, 0.4) is 0 Å². The van der Waals surface area contributed by atoms with Gasteiger partial charge in [-0.1, -0.05) is 6.92 Å². The lowest BCUT2D eigenvalue weighted by Crippen LogP contribution is -2.33. The Morgan fingerprint density at radius 1 is 1.00 bits per heavy atom. The molecule has 0 aliphatic carbocycles. The number of rotatable bonds is 13. The van der Waals surface area contributed by atoms with Crippen molar-refractivity contribution in [1.29, 1.82) is 0 Å². The summed E-state index contributed by atoms with van der Waals surface area (Å²) < 4.78 is 35.2. The summed E-state index contributed by atoms with van der Waals surface area (Å²) in [6.07, 6.45) is 0.340. The van der Waals surface area contributed by atoms with Crippen molar-refractivity contribution < 1.29 is 27.5 Å². The first-order valence-corrected chi connectivity index (χ1v) is 9.02. The summed E-state index contributed by atoms with van der Waals surface area (Å²) in [6, 6.07) is 0. The van der Waals surface area contributed by atoms with Crippen molar-refractivity contribution in [3.63, 3.8) is 0 Å². The highest BCUT2D eigenvalue weighted by Crippen LogP contribution is 1.95. The Kier molecular flexibility index (Phi) is 11.7. The van der Waals surface area contributed by atoms with E-state index in [0.717, 1.165) is 0 Å². The largest absolute Gasteiger partial charge is 0.379 e. The molecule has 130 valence electrons. The Bertz CT molecular complexity index is 424. The normalized spacial score (nSPS) is 11.2. The summed E-state index contributed by atoms with van der Waals surface area (Å²) >= 11 is 0. The van der Waals surface area contributed by atoms with Gasteiger partial charge in [-0.05, 0) is 13.3 Å². The molecule has 0 radical (unpaired) electrons. The summed E-state index contributed by atoms with van der Waals surface area (Å²) in [4.78, 5) is 22.5. The quantitative estimate of drug-likeness (QED) is 0.450. The zero-order valence-corrected chi connectivity index (χ0v) is 14.0. The minimum Gasteiger partial charge on any atom is -0.379 e. The van der Waals surface area contributed by atoms with E-state index in [0.29, 0.717) is 33.0 Å². The van der Waals surface area contributed by atoms with Gasteiger partial charge in [-0.2, -0.15) is 0 Å². The summed E-state index contributed by atoms with van der Waals surface area (Å²) in [7, 11) is -3.64. The molecule has 0 heterocycles. The third kappa shape index (κ3) is 12.5. The molecule has 2 N–H and O–H groups in total. The fraction of sp³-hybridized carbons (Fsp3) is 0.846. The van der Waals surface area contributed by atoms with Crippen LogP contribution in [-0.4, -0.2) is 59.0 Å². The van der Waals surface area contributed by atoms with Crippen LogP contribution < -0.4 is 10.0 Å². The van der Waals surface area contributed by atoms with Gasteiger partial charge in [-0.25, -0.2) is 8.42 Å². The Morgan fingerprint density at radius 3 is 2.32 bits per heavy atom. The Hall–Kier alpha value is -1.19. The number of amides is 2. The van der Waals surface area contributed by atoms with Crippen LogP contribution in [0.4, 0.5) is 0 Å². The van der Waals surface area contributed by atoms with Crippen LogP contribution in [0.5, 0.6) is 0 Å².